The van der Waals surface area contributed by atoms with Gasteiger partial charge in [-0.1, -0.05) is 60.1 Å². The Hall–Kier alpha value is -1.82. The van der Waals surface area contributed by atoms with Gasteiger partial charge in [-0.05, 0) is 24.1 Å². The third-order valence-electron chi connectivity index (χ3n) is 3.36. The Morgan fingerprint density at radius 1 is 1.10 bits per heavy atom. The van der Waals surface area contributed by atoms with Gasteiger partial charge in [0.05, 0.1) is 12.0 Å². The lowest BCUT2D eigenvalue weighted by molar-refractivity contribution is 0.558. The zero-order chi connectivity index (χ0) is 14.4. The van der Waals surface area contributed by atoms with Crippen molar-refractivity contribution in [2.75, 3.05) is 6.54 Å². The van der Waals surface area contributed by atoms with E-state index < -0.39 is 0 Å². The zero-order valence-corrected chi connectivity index (χ0v) is 12.1. The maximum atomic E-state index is 9.30. The second kappa shape index (κ2) is 7.09. The van der Waals surface area contributed by atoms with Gasteiger partial charge in [-0.3, -0.25) is 0 Å². The van der Waals surface area contributed by atoms with Crippen molar-refractivity contribution in [1.82, 2.24) is 5.32 Å². The predicted octanol–water partition coefficient (Wildman–Crippen LogP) is 4.30. The van der Waals surface area contributed by atoms with Gasteiger partial charge in [0.15, 0.2) is 0 Å². The van der Waals surface area contributed by atoms with Crippen molar-refractivity contribution in [2.24, 2.45) is 0 Å². The van der Waals surface area contributed by atoms with E-state index in [2.05, 4.69) is 18.3 Å². The van der Waals surface area contributed by atoms with Crippen molar-refractivity contribution in [1.29, 1.82) is 5.26 Å². The first kappa shape index (κ1) is 14.6. The summed E-state index contributed by atoms with van der Waals surface area (Å²) in [5.41, 5.74) is 2.09. The van der Waals surface area contributed by atoms with Crippen molar-refractivity contribution in [3.05, 3.63) is 70.7 Å². The molecule has 0 radical (unpaired) electrons. The van der Waals surface area contributed by atoms with Crippen LogP contribution in [0.4, 0.5) is 0 Å². The van der Waals surface area contributed by atoms with Gasteiger partial charge in [-0.15, -0.1) is 0 Å². The number of nitrogens with zero attached hydrogens (tertiary/aromatic N) is 1. The summed E-state index contributed by atoms with van der Waals surface area (Å²) in [6, 6.07) is 20.1. The minimum atomic E-state index is -0.152. The standard InChI is InChI=1S/C17H17ClN2/c1-13(16-9-5-6-10-17(16)18)20-12-15(11-19)14-7-3-2-4-8-14/h2-10,13,15,20H,12H2,1H3. The average molecular weight is 285 g/mol. The van der Waals surface area contributed by atoms with Crippen molar-refractivity contribution >= 4 is 11.6 Å². The van der Waals surface area contributed by atoms with Crippen LogP contribution >= 0.6 is 11.6 Å². The van der Waals surface area contributed by atoms with Gasteiger partial charge in [0, 0.05) is 17.6 Å². The third kappa shape index (κ3) is 3.60. The van der Waals surface area contributed by atoms with Crippen LogP contribution in [0.5, 0.6) is 0 Å². The maximum Gasteiger partial charge on any atom is 0.0837 e. The molecule has 0 aromatic heterocycles. The molecule has 0 saturated carbocycles. The summed E-state index contributed by atoms with van der Waals surface area (Å²) in [5, 5.41) is 13.4. The van der Waals surface area contributed by atoms with E-state index in [9.17, 15) is 5.26 Å². The van der Waals surface area contributed by atoms with E-state index in [1.165, 1.54) is 0 Å². The van der Waals surface area contributed by atoms with E-state index in [-0.39, 0.29) is 12.0 Å². The topological polar surface area (TPSA) is 35.8 Å². The molecule has 0 spiro atoms. The number of rotatable bonds is 5. The van der Waals surface area contributed by atoms with Crippen LogP contribution in [0.1, 0.15) is 30.0 Å². The smallest absolute Gasteiger partial charge is 0.0837 e. The van der Waals surface area contributed by atoms with E-state index in [0.29, 0.717) is 6.54 Å². The highest BCUT2D eigenvalue weighted by molar-refractivity contribution is 6.31. The van der Waals surface area contributed by atoms with Crippen molar-refractivity contribution in [2.45, 2.75) is 18.9 Å². The molecule has 102 valence electrons. The lowest BCUT2D eigenvalue weighted by Crippen LogP contribution is -2.24. The van der Waals surface area contributed by atoms with Crippen LogP contribution in [0.25, 0.3) is 0 Å². The van der Waals surface area contributed by atoms with Crippen LogP contribution in [0.15, 0.2) is 54.6 Å². The molecule has 0 heterocycles. The van der Waals surface area contributed by atoms with Crippen LogP contribution < -0.4 is 5.32 Å². The maximum absolute atomic E-state index is 9.30. The molecule has 2 atom stereocenters. The Morgan fingerprint density at radius 3 is 2.40 bits per heavy atom. The van der Waals surface area contributed by atoms with Crippen molar-refractivity contribution < 1.29 is 0 Å². The van der Waals surface area contributed by atoms with Gasteiger partial charge in [0.25, 0.3) is 0 Å². The Bertz CT molecular complexity index is 589. The van der Waals surface area contributed by atoms with E-state index >= 15 is 0 Å². The lowest BCUT2D eigenvalue weighted by Gasteiger charge is -2.18. The Labute approximate surface area is 125 Å². The number of nitriles is 1. The minimum Gasteiger partial charge on any atom is -0.308 e. The van der Waals surface area contributed by atoms with Gasteiger partial charge in [0.2, 0.25) is 0 Å². The number of hydrogen-bond acceptors (Lipinski definition) is 2. The lowest BCUT2D eigenvalue weighted by atomic mass is 10.00. The summed E-state index contributed by atoms with van der Waals surface area (Å²) in [5.74, 6) is -0.152. The molecule has 2 unspecified atom stereocenters. The van der Waals surface area contributed by atoms with Gasteiger partial charge in [-0.25, -0.2) is 0 Å². The molecule has 0 saturated heterocycles. The van der Waals surface area contributed by atoms with E-state index in [0.717, 1.165) is 16.1 Å². The fourth-order valence-corrected chi connectivity index (χ4v) is 2.45. The Balaban J connectivity index is 2.01. The van der Waals surface area contributed by atoms with Crippen molar-refractivity contribution in [3.8, 4) is 6.07 Å². The molecule has 2 aromatic carbocycles. The highest BCUT2D eigenvalue weighted by Gasteiger charge is 2.13. The fourth-order valence-electron chi connectivity index (χ4n) is 2.15. The largest absolute Gasteiger partial charge is 0.308 e. The van der Waals surface area contributed by atoms with Gasteiger partial charge in [0.1, 0.15) is 0 Å². The van der Waals surface area contributed by atoms with Crippen LogP contribution in [0.2, 0.25) is 5.02 Å². The van der Waals surface area contributed by atoms with Crippen LogP contribution in [0.3, 0.4) is 0 Å². The predicted molar refractivity (Wildman–Crippen MR) is 82.7 cm³/mol. The number of benzene rings is 2. The minimum absolute atomic E-state index is 0.114. The molecule has 0 aliphatic heterocycles. The SMILES string of the molecule is CC(NCC(C#N)c1ccccc1)c1ccccc1Cl. The summed E-state index contributed by atoms with van der Waals surface area (Å²) in [6.07, 6.45) is 0. The monoisotopic (exact) mass is 284 g/mol. The molecule has 3 heteroatoms. The second-order valence-corrected chi connectivity index (χ2v) is 5.15. The normalized spacial score (nSPS) is 13.4. The summed E-state index contributed by atoms with van der Waals surface area (Å²) in [4.78, 5) is 0. The molecule has 0 aliphatic carbocycles. The molecule has 1 N–H and O–H groups in total. The summed E-state index contributed by atoms with van der Waals surface area (Å²) in [6.45, 7) is 2.66. The average Bonchev–Trinajstić information content (AvgIpc) is 2.49. The molecule has 0 amide bonds. The highest BCUT2D eigenvalue weighted by Crippen LogP contribution is 2.23. The molecule has 2 aromatic rings. The van der Waals surface area contributed by atoms with Crippen LogP contribution in [-0.4, -0.2) is 6.54 Å². The van der Waals surface area contributed by atoms with E-state index in [1.807, 2.05) is 54.6 Å². The van der Waals surface area contributed by atoms with Crippen LogP contribution in [0, 0.1) is 11.3 Å². The first-order valence-corrected chi connectivity index (χ1v) is 7.02. The van der Waals surface area contributed by atoms with Crippen LogP contribution in [-0.2, 0) is 0 Å². The highest BCUT2D eigenvalue weighted by atomic mass is 35.5. The molecular weight excluding hydrogens is 268 g/mol. The zero-order valence-electron chi connectivity index (χ0n) is 11.4. The molecule has 0 bridgehead atoms. The molecule has 0 aliphatic rings. The molecule has 2 nitrogen and oxygen atoms in total. The van der Waals surface area contributed by atoms with Crippen molar-refractivity contribution in [3.63, 3.8) is 0 Å². The summed E-state index contributed by atoms with van der Waals surface area (Å²) in [7, 11) is 0. The molecule has 20 heavy (non-hydrogen) atoms. The van der Waals surface area contributed by atoms with E-state index in [4.69, 9.17) is 11.6 Å². The second-order valence-electron chi connectivity index (χ2n) is 4.74. The Morgan fingerprint density at radius 2 is 1.75 bits per heavy atom. The van der Waals surface area contributed by atoms with Gasteiger partial charge in [-0.2, -0.15) is 5.26 Å². The first-order chi connectivity index (χ1) is 9.72. The molecular formula is C17H17ClN2. The number of halogens is 1. The molecule has 0 fully saturated rings. The fraction of sp³-hybridized carbons (Fsp3) is 0.235. The van der Waals surface area contributed by atoms with Gasteiger partial charge < -0.3 is 5.32 Å². The van der Waals surface area contributed by atoms with E-state index in [1.54, 1.807) is 0 Å². The van der Waals surface area contributed by atoms with Gasteiger partial charge >= 0.3 is 0 Å². The number of nitrogens with one attached hydrogen (secondary N) is 1. The third-order valence-corrected chi connectivity index (χ3v) is 3.70. The Kier molecular flexibility index (Phi) is 5.17. The summed E-state index contributed by atoms with van der Waals surface area (Å²) >= 11 is 6.18. The number of hydrogen-bond donors (Lipinski definition) is 1. The first-order valence-electron chi connectivity index (χ1n) is 6.64. The molecule has 2 rings (SSSR count). The summed E-state index contributed by atoms with van der Waals surface area (Å²) < 4.78 is 0. The quantitative estimate of drug-likeness (QED) is 0.889.